The van der Waals surface area contributed by atoms with Crippen LogP contribution in [-0.2, 0) is 14.8 Å². The van der Waals surface area contributed by atoms with Gasteiger partial charge in [-0.3, -0.25) is 4.79 Å². The molecule has 1 aromatic carbocycles. The first-order valence-electron chi connectivity index (χ1n) is 9.71. The minimum atomic E-state index is -4.83. The number of alkyl halides is 3. The van der Waals surface area contributed by atoms with Gasteiger partial charge in [-0.1, -0.05) is 6.92 Å². The Bertz CT molecular complexity index is 811. The lowest BCUT2D eigenvalue weighted by Crippen LogP contribution is -2.46. The maximum atomic E-state index is 12.8. The smallest absolute Gasteiger partial charge is 0.406 e. The van der Waals surface area contributed by atoms with Gasteiger partial charge >= 0.3 is 6.36 Å². The fraction of sp³-hybridized carbons (Fsp3) is 0.632. The number of halogens is 3. The molecule has 2 fully saturated rings. The van der Waals surface area contributed by atoms with Crippen LogP contribution in [0.1, 0.15) is 32.6 Å². The minimum absolute atomic E-state index is 0.0955. The first kappa shape index (κ1) is 21.9. The molecule has 29 heavy (non-hydrogen) atoms. The quantitative estimate of drug-likeness (QED) is 0.730. The van der Waals surface area contributed by atoms with E-state index in [4.69, 9.17) is 0 Å². The number of ether oxygens (including phenoxy) is 1. The fourth-order valence-electron chi connectivity index (χ4n) is 3.79. The summed E-state index contributed by atoms with van der Waals surface area (Å²) < 4.78 is 67.3. The molecule has 0 saturated carbocycles. The van der Waals surface area contributed by atoms with E-state index in [-0.39, 0.29) is 29.8 Å². The Morgan fingerprint density at radius 1 is 1.00 bits per heavy atom. The molecule has 0 radical (unpaired) electrons. The summed E-state index contributed by atoms with van der Waals surface area (Å²) >= 11 is 0. The number of hydrogen-bond donors (Lipinski definition) is 0. The van der Waals surface area contributed by atoms with Crippen LogP contribution in [-0.4, -0.2) is 56.1 Å². The van der Waals surface area contributed by atoms with E-state index in [9.17, 15) is 26.4 Å². The van der Waals surface area contributed by atoms with Gasteiger partial charge in [0.25, 0.3) is 0 Å². The van der Waals surface area contributed by atoms with Crippen molar-refractivity contribution in [2.45, 2.75) is 43.9 Å². The van der Waals surface area contributed by atoms with Gasteiger partial charge in [0.1, 0.15) is 5.75 Å². The lowest BCUT2D eigenvalue weighted by atomic mass is 9.93. The third-order valence-electron chi connectivity index (χ3n) is 5.59. The van der Waals surface area contributed by atoms with Crippen LogP contribution in [0.5, 0.6) is 5.75 Å². The highest BCUT2D eigenvalue weighted by Crippen LogP contribution is 2.29. The topological polar surface area (TPSA) is 66.9 Å². The van der Waals surface area contributed by atoms with Crippen LogP contribution < -0.4 is 4.74 Å². The maximum absolute atomic E-state index is 12.8. The van der Waals surface area contributed by atoms with Crippen molar-refractivity contribution in [1.82, 2.24) is 9.21 Å². The average molecular weight is 434 g/mol. The number of hydrogen-bond acceptors (Lipinski definition) is 4. The molecule has 1 amide bonds. The van der Waals surface area contributed by atoms with Crippen molar-refractivity contribution >= 4 is 15.9 Å². The zero-order chi connectivity index (χ0) is 21.2. The van der Waals surface area contributed by atoms with Crippen molar-refractivity contribution in [2.24, 2.45) is 11.8 Å². The first-order valence-corrected chi connectivity index (χ1v) is 11.1. The largest absolute Gasteiger partial charge is 0.573 e. The molecule has 0 N–H and O–H groups in total. The number of nitrogens with zero attached hydrogens (tertiary/aromatic N) is 2. The van der Waals surface area contributed by atoms with Crippen molar-refractivity contribution in [3.63, 3.8) is 0 Å². The maximum Gasteiger partial charge on any atom is 0.573 e. The van der Waals surface area contributed by atoms with Crippen LogP contribution in [0.15, 0.2) is 29.2 Å². The van der Waals surface area contributed by atoms with Crippen LogP contribution in [0, 0.1) is 11.8 Å². The van der Waals surface area contributed by atoms with E-state index in [1.54, 1.807) is 0 Å². The van der Waals surface area contributed by atoms with Crippen LogP contribution >= 0.6 is 0 Å². The fourth-order valence-corrected chi connectivity index (χ4v) is 5.26. The molecule has 1 aromatic rings. The molecule has 162 valence electrons. The predicted molar refractivity (Wildman–Crippen MR) is 99.6 cm³/mol. The molecule has 2 heterocycles. The SMILES string of the molecule is CC1CCN(C(=O)C2CCN(S(=O)(=O)c3ccc(OC(F)(F)F)cc3)CC2)CC1. The highest BCUT2D eigenvalue weighted by atomic mass is 32.2. The molecule has 0 unspecified atom stereocenters. The summed E-state index contributed by atoms with van der Waals surface area (Å²) in [6, 6.07) is 4.16. The number of sulfonamides is 1. The average Bonchev–Trinajstić information content (AvgIpc) is 2.67. The summed E-state index contributed by atoms with van der Waals surface area (Å²) in [7, 11) is -3.83. The molecule has 0 aromatic heterocycles. The second kappa shape index (κ2) is 8.51. The second-order valence-electron chi connectivity index (χ2n) is 7.71. The van der Waals surface area contributed by atoms with Gasteiger partial charge in [0.2, 0.25) is 15.9 Å². The highest BCUT2D eigenvalue weighted by Gasteiger charge is 2.35. The summed E-state index contributed by atoms with van der Waals surface area (Å²) in [6.07, 6.45) is -1.96. The van der Waals surface area contributed by atoms with Crippen LogP contribution in [0.25, 0.3) is 0 Å². The molecule has 6 nitrogen and oxygen atoms in total. The Labute approximate surface area is 168 Å². The van der Waals surface area contributed by atoms with Crippen LogP contribution in [0.3, 0.4) is 0 Å². The normalized spacial score (nSPS) is 20.6. The first-order chi connectivity index (χ1) is 13.6. The summed E-state index contributed by atoms with van der Waals surface area (Å²) in [5.41, 5.74) is 0. The van der Waals surface area contributed by atoms with Gasteiger partial charge in [-0.2, -0.15) is 4.31 Å². The van der Waals surface area contributed by atoms with Gasteiger partial charge in [0.05, 0.1) is 4.90 Å². The third-order valence-corrected chi connectivity index (χ3v) is 7.51. The Morgan fingerprint density at radius 2 is 1.55 bits per heavy atom. The van der Waals surface area contributed by atoms with Crippen LogP contribution in [0.2, 0.25) is 0 Å². The number of likely N-dealkylation sites (tertiary alicyclic amines) is 1. The van der Waals surface area contributed by atoms with Gasteiger partial charge in [0, 0.05) is 32.1 Å². The van der Waals surface area contributed by atoms with E-state index >= 15 is 0 Å². The highest BCUT2D eigenvalue weighted by molar-refractivity contribution is 7.89. The van der Waals surface area contributed by atoms with Gasteiger partial charge in [-0.05, 0) is 55.9 Å². The summed E-state index contributed by atoms with van der Waals surface area (Å²) in [6.45, 7) is 4.11. The van der Waals surface area contributed by atoms with E-state index in [1.165, 1.54) is 4.31 Å². The third kappa shape index (κ3) is 5.42. The Morgan fingerprint density at radius 3 is 2.07 bits per heavy atom. The molecule has 2 saturated heterocycles. The zero-order valence-electron chi connectivity index (χ0n) is 16.2. The molecule has 0 bridgehead atoms. The zero-order valence-corrected chi connectivity index (χ0v) is 17.0. The van der Waals surface area contributed by atoms with Crippen molar-refractivity contribution in [3.05, 3.63) is 24.3 Å². The Kier molecular flexibility index (Phi) is 6.42. The van der Waals surface area contributed by atoms with Crippen LogP contribution in [0.4, 0.5) is 13.2 Å². The van der Waals surface area contributed by atoms with Crippen molar-refractivity contribution < 1.29 is 31.1 Å². The van der Waals surface area contributed by atoms with Gasteiger partial charge < -0.3 is 9.64 Å². The number of rotatable bonds is 4. The molecule has 2 aliphatic heterocycles. The van der Waals surface area contributed by atoms with Gasteiger partial charge in [0.15, 0.2) is 0 Å². The Hall–Kier alpha value is -1.81. The molecule has 0 spiro atoms. The van der Waals surface area contributed by atoms with E-state index in [0.29, 0.717) is 18.8 Å². The van der Waals surface area contributed by atoms with E-state index in [1.807, 2.05) is 4.90 Å². The molecule has 3 rings (SSSR count). The molecular weight excluding hydrogens is 409 g/mol. The van der Waals surface area contributed by atoms with Crippen molar-refractivity contribution in [2.75, 3.05) is 26.2 Å². The second-order valence-corrected chi connectivity index (χ2v) is 9.64. The number of benzene rings is 1. The molecule has 2 aliphatic rings. The number of carbonyl (C=O) groups is 1. The van der Waals surface area contributed by atoms with Gasteiger partial charge in [-0.15, -0.1) is 13.2 Å². The molecule has 0 aliphatic carbocycles. The summed E-state index contributed by atoms with van der Waals surface area (Å²) in [5.74, 6) is 0.0654. The number of piperidine rings is 2. The minimum Gasteiger partial charge on any atom is -0.406 e. The standard InChI is InChI=1S/C19H25F3N2O4S/c1-14-6-10-23(11-7-14)18(25)15-8-12-24(13-9-15)29(26,27)17-4-2-16(3-5-17)28-19(20,21)22/h2-5,14-15H,6-13H2,1H3. The van der Waals surface area contributed by atoms with E-state index < -0.39 is 22.1 Å². The van der Waals surface area contributed by atoms with E-state index in [2.05, 4.69) is 11.7 Å². The summed E-state index contributed by atoms with van der Waals surface area (Å²) in [4.78, 5) is 14.5. The van der Waals surface area contributed by atoms with Gasteiger partial charge in [-0.25, -0.2) is 8.42 Å². The summed E-state index contributed by atoms with van der Waals surface area (Å²) in [5, 5.41) is 0. The predicted octanol–water partition coefficient (Wildman–Crippen LogP) is 3.24. The molecule has 0 atom stereocenters. The monoisotopic (exact) mass is 434 g/mol. The number of carbonyl (C=O) groups excluding carboxylic acids is 1. The lowest BCUT2D eigenvalue weighted by Gasteiger charge is -2.36. The van der Waals surface area contributed by atoms with Crippen molar-refractivity contribution in [1.29, 1.82) is 0 Å². The molecular formula is C19H25F3N2O4S. The lowest BCUT2D eigenvalue weighted by molar-refractivity contribution is -0.274. The number of amides is 1. The Balaban J connectivity index is 1.58. The van der Waals surface area contributed by atoms with E-state index in [0.717, 1.165) is 50.2 Å². The molecule has 10 heteroatoms. The van der Waals surface area contributed by atoms with Crippen molar-refractivity contribution in [3.8, 4) is 5.75 Å².